The lowest BCUT2D eigenvalue weighted by Gasteiger charge is -2.28. The number of carbonyl (C=O) groups excluding carboxylic acids is 3. The Kier molecular flexibility index (Phi) is 12.8. The summed E-state index contributed by atoms with van der Waals surface area (Å²) < 4.78 is 0. The zero-order chi connectivity index (χ0) is 28.9. The van der Waals surface area contributed by atoms with E-state index in [1.165, 1.54) is 24.7 Å². The second kappa shape index (κ2) is 15.7. The predicted octanol–water partition coefficient (Wildman–Crippen LogP) is 0.566. The fourth-order valence-corrected chi connectivity index (χ4v) is 4.25. The maximum absolute atomic E-state index is 13.5. The third-order valence-corrected chi connectivity index (χ3v) is 7.01. The Morgan fingerprint density at radius 2 is 1.69 bits per heavy atom. The number of aromatic hydroxyl groups is 1. The number of aliphatic carboxylic acids is 1. The predicted molar refractivity (Wildman–Crippen MR) is 148 cm³/mol. The number of amides is 3. The summed E-state index contributed by atoms with van der Waals surface area (Å²) in [4.78, 5) is 58.0. The number of phenols is 1. The van der Waals surface area contributed by atoms with Crippen LogP contribution in [0.5, 0.6) is 5.75 Å². The summed E-state index contributed by atoms with van der Waals surface area (Å²) in [7, 11) is 0. The van der Waals surface area contributed by atoms with Crippen LogP contribution >= 0.6 is 11.8 Å². The summed E-state index contributed by atoms with van der Waals surface area (Å²) in [6.45, 7) is 3.61. The zero-order valence-electron chi connectivity index (χ0n) is 22.3. The van der Waals surface area contributed by atoms with Crippen LogP contribution in [0.15, 0.2) is 36.8 Å². The van der Waals surface area contributed by atoms with Crippen LogP contribution in [0.3, 0.4) is 0 Å². The minimum absolute atomic E-state index is 0.0181. The molecule has 2 aromatic rings. The minimum Gasteiger partial charge on any atom is -0.508 e. The summed E-state index contributed by atoms with van der Waals surface area (Å²) >= 11 is 1.55. The van der Waals surface area contributed by atoms with Crippen molar-refractivity contribution in [3.05, 3.63) is 48.0 Å². The molecule has 0 aliphatic heterocycles. The van der Waals surface area contributed by atoms with Crippen molar-refractivity contribution >= 4 is 35.5 Å². The van der Waals surface area contributed by atoms with Gasteiger partial charge < -0.3 is 36.9 Å². The summed E-state index contributed by atoms with van der Waals surface area (Å²) in [6, 6.07) is 2.00. The number of thioether (sulfide) groups is 1. The number of benzene rings is 1. The summed E-state index contributed by atoms with van der Waals surface area (Å²) in [5.41, 5.74) is 7.20. The number of hydrogen-bond acceptors (Lipinski definition) is 8. The van der Waals surface area contributed by atoms with Gasteiger partial charge in [-0.2, -0.15) is 11.8 Å². The lowest BCUT2D eigenvalue weighted by Crippen LogP contribution is -2.59. The van der Waals surface area contributed by atoms with Crippen LogP contribution < -0.4 is 21.7 Å². The molecule has 2 rings (SSSR count). The SMILES string of the molecule is CCC(C)C(NC(=O)C(Cc1ccc(O)cc1)NC(=O)C(N)CCSC)C(=O)NC(Cc1cnc[nH]1)C(=O)O. The molecule has 3 amide bonds. The van der Waals surface area contributed by atoms with Crippen LogP contribution in [0.4, 0.5) is 0 Å². The van der Waals surface area contributed by atoms with Gasteiger partial charge in [0, 0.05) is 24.7 Å². The van der Waals surface area contributed by atoms with Crippen molar-refractivity contribution in [2.75, 3.05) is 12.0 Å². The number of H-pyrrole nitrogens is 1. The third kappa shape index (κ3) is 10.2. The quantitative estimate of drug-likeness (QED) is 0.153. The van der Waals surface area contributed by atoms with Crippen LogP contribution in [0, 0.1) is 5.92 Å². The molecule has 5 atom stereocenters. The van der Waals surface area contributed by atoms with Crippen molar-refractivity contribution < 1.29 is 29.4 Å². The van der Waals surface area contributed by atoms with E-state index in [1.54, 1.807) is 30.8 Å². The number of aromatic amines is 1. The first-order valence-corrected chi connectivity index (χ1v) is 14.1. The van der Waals surface area contributed by atoms with E-state index in [1.807, 2.05) is 13.2 Å². The number of rotatable bonds is 16. The molecule has 0 fully saturated rings. The molecule has 0 radical (unpaired) electrons. The van der Waals surface area contributed by atoms with Gasteiger partial charge in [0.1, 0.15) is 23.9 Å². The Bertz CT molecular complexity index is 1080. The third-order valence-electron chi connectivity index (χ3n) is 6.37. The normalized spacial score (nSPS) is 14.9. The molecule has 0 saturated carbocycles. The molecule has 0 saturated heterocycles. The summed E-state index contributed by atoms with van der Waals surface area (Å²) in [6.07, 6.45) is 5.78. The number of imidazole rings is 1. The highest BCUT2D eigenvalue weighted by Crippen LogP contribution is 2.14. The van der Waals surface area contributed by atoms with Gasteiger partial charge in [-0.15, -0.1) is 0 Å². The van der Waals surface area contributed by atoms with Gasteiger partial charge in [-0.1, -0.05) is 32.4 Å². The molecule has 0 aliphatic carbocycles. The van der Waals surface area contributed by atoms with Gasteiger partial charge >= 0.3 is 5.97 Å². The lowest BCUT2D eigenvalue weighted by molar-refractivity contribution is -0.142. The van der Waals surface area contributed by atoms with E-state index in [-0.39, 0.29) is 24.5 Å². The molecule has 0 spiro atoms. The van der Waals surface area contributed by atoms with Gasteiger partial charge in [0.25, 0.3) is 0 Å². The molecule has 1 aromatic heterocycles. The van der Waals surface area contributed by atoms with Gasteiger partial charge in [-0.25, -0.2) is 9.78 Å². The number of nitrogens with one attached hydrogen (secondary N) is 4. The van der Waals surface area contributed by atoms with E-state index < -0.39 is 47.9 Å². The molecule has 214 valence electrons. The summed E-state index contributed by atoms with van der Waals surface area (Å²) in [5.74, 6) is -2.63. The molecular formula is C26H38N6O6S. The first kappa shape index (κ1) is 31.6. The van der Waals surface area contributed by atoms with Crippen molar-refractivity contribution in [3.63, 3.8) is 0 Å². The second-order valence-electron chi connectivity index (χ2n) is 9.37. The van der Waals surface area contributed by atoms with Gasteiger partial charge in [-0.05, 0) is 42.0 Å². The lowest BCUT2D eigenvalue weighted by atomic mass is 9.96. The number of phenolic OH excluding ortho intramolecular Hbond substituents is 1. The van der Waals surface area contributed by atoms with E-state index in [0.29, 0.717) is 29.9 Å². The van der Waals surface area contributed by atoms with E-state index in [2.05, 4.69) is 25.9 Å². The molecule has 8 N–H and O–H groups in total. The van der Waals surface area contributed by atoms with Crippen LogP contribution in [0.1, 0.15) is 37.9 Å². The van der Waals surface area contributed by atoms with E-state index in [9.17, 15) is 29.4 Å². The number of hydrogen-bond donors (Lipinski definition) is 7. The van der Waals surface area contributed by atoms with E-state index >= 15 is 0 Å². The molecule has 1 heterocycles. The van der Waals surface area contributed by atoms with Crippen molar-refractivity contribution in [1.82, 2.24) is 25.9 Å². The summed E-state index contributed by atoms with van der Waals surface area (Å²) in [5, 5.41) is 27.2. The Morgan fingerprint density at radius 3 is 2.26 bits per heavy atom. The Hall–Kier alpha value is -3.58. The maximum atomic E-state index is 13.5. The Morgan fingerprint density at radius 1 is 1.03 bits per heavy atom. The van der Waals surface area contributed by atoms with Crippen molar-refractivity contribution in [2.45, 2.75) is 63.7 Å². The highest BCUT2D eigenvalue weighted by molar-refractivity contribution is 7.98. The van der Waals surface area contributed by atoms with Gasteiger partial charge in [0.2, 0.25) is 17.7 Å². The molecule has 12 nitrogen and oxygen atoms in total. The topological polar surface area (TPSA) is 200 Å². The molecule has 0 bridgehead atoms. The molecule has 39 heavy (non-hydrogen) atoms. The first-order valence-electron chi connectivity index (χ1n) is 12.7. The highest BCUT2D eigenvalue weighted by atomic mass is 32.2. The standard InChI is InChI=1S/C26H38N6O6S/c1-4-15(2)22(25(36)31-21(26(37)38)12-17-13-28-14-29-17)32-24(35)20(11-16-5-7-18(33)8-6-16)30-23(34)19(27)9-10-39-3/h5-8,13-15,19-22,33H,4,9-12,27H2,1-3H3,(H,28,29)(H,30,34)(H,31,36)(H,32,35)(H,37,38). The van der Waals surface area contributed by atoms with Gasteiger partial charge in [0.15, 0.2) is 0 Å². The maximum Gasteiger partial charge on any atom is 0.326 e. The minimum atomic E-state index is -1.25. The van der Waals surface area contributed by atoms with Crippen molar-refractivity contribution in [2.24, 2.45) is 11.7 Å². The molecular weight excluding hydrogens is 524 g/mol. The number of aromatic nitrogens is 2. The van der Waals surface area contributed by atoms with Gasteiger partial charge in [0.05, 0.1) is 12.4 Å². The zero-order valence-corrected chi connectivity index (χ0v) is 23.2. The van der Waals surface area contributed by atoms with Crippen LogP contribution in [-0.4, -0.2) is 80.0 Å². The largest absolute Gasteiger partial charge is 0.508 e. The monoisotopic (exact) mass is 562 g/mol. The molecule has 5 unspecified atom stereocenters. The Labute approximate surface area is 231 Å². The average molecular weight is 563 g/mol. The number of nitrogens with zero attached hydrogens (tertiary/aromatic N) is 1. The van der Waals surface area contributed by atoms with Crippen LogP contribution in [-0.2, 0) is 32.0 Å². The van der Waals surface area contributed by atoms with Crippen molar-refractivity contribution in [1.29, 1.82) is 0 Å². The van der Waals surface area contributed by atoms with E-state index in [0.717, 1.165) is 0 Å². The number of carboxylic acid groups (broad SMARTS) is 1. The first-order chi connectivity index (χ1) is 18.5. The molecule has 13 heteroatoms. The van der Waals surface area contributed by atoms with Crippen LogP contribution in [0.25, 0.3) is 0 Å². The number of carboxylic acids is 1. The Balaban J connectivity index is 2.22. The molecule has 0 aliphatic rings. The smallest absolute Gasteiger partial charge is 0.326 e. The molecule has 1 aromatic carbocycles. The van der Waals surface area contributed by atoms with Gasteiger partial charge in [-0.3, -0.25) is 14.4 Å². The fraction of sp³-hybridized carbons (Fsp3) is 0.500. The van der Waals surface area contributed by atoms with Crippen LogP contribution in [0.2, 0.25) is 0 Å². The highest BCUT2D eigenvalue weighted by Gasteiger charge is 2.33. The fourth-order valence-electron chi connectivity index (χ4n) is 3.77. The number of carbonyl (C=O) groups is 4. The van der Waals surface area contributed by atoms with Crippen molar-refractivity contribution in [3.8, 4) is 5.75 Å². The second-order valence-corrected chi connectivity index (χ2v) is 10.4. The van der Waals surface area contributed by atoms with E-state index in [4.69, 9.17) is 5.73 Å². The number of nitrogens with two attached hydrogens (primary N) is 1. The average Bonchev–Trinajstić information content (AvgIpc) is 3.43.